The van der Waals surface area contributed by atoms with Crippen molar-refractivity contribution >= 4 is 6.29 Å². The number of aldehydes is 1. The fourth-order valence-electron chi connectivity index (χ4n) is 3.37. The molecule has 0 bridgehead atoms. The van der Waals surface area contributed by atoms with Gasteiger partial charge in [-0.15, -0.1) is 0 Å². The fourth-order valence-corrected chi connectivity index (χ4v) is 3.37. The van der Waals surface area contributed by atoms with E-state index in [4.69, 9.17) is 4.74 Å². The van der Waals surface area contributed by atoms with Gasteiger partial charge in [-0.05, 0) is 43.8 Å². The van der Waals surface area contributed by atoms with E-state index in [1.54, 1.807) is 7.11 Å². The van der Waals surface area contributed by atoms with Crippen molar-refractivity contribution in [3.05, 3.63) is 23.3 Å². The van der Waals surface area contributed by atoms with Crippen LogP contribution in [-0.2, 0) is 9.53 Å². The highest BCUT2D eigenvalue weighted by atomic mass is 16.5. The van der Waals surface area contributed by atoms with E-state index in [9.17, 15) is 4.79 Å². The zero-order chi connectivity index (χ0) is 15.2. The molecule has 0 spiro atoms. The summed E-state index contributed by atoms with van der Waals surface area (Å²) >= 11 is 0. The number of ether oxygens (including phenoxy) is 1. The van der Waals surface area contributed by atoms with E-state index >= 15 is 0 Å². The average Bonchev–Trinajstić information content (AvgIpc) is 2.41. The molecule has 1 unspecified atom stereocenters. The maximum Gasteiger partial charge on any atom is 0.126 e. The minimum absolute atomic E-state index is 0.0764. The predicted molar refractivity (Wildman–Crippen MR) is 84.7 cm³/mol. The molecule has 1 rings (SSSR count). The second-order valence-electron chi connectivity index (χ2n) is 6.37. The van der Waals surface area contributed by atoms with Crippen LogP contribution in [0, 0.1) is 11.8 Å². The molecular weight excluding hydrogens is 248 g/mol. The number of methoxy groups -OCH3 is 1. The summed E-state index contributed by atoms with van der Waals surface area (Å²) in [5, 5.41) is 0. The maximum atomic E-state index is 11.7. The Hall–Kier alpha value is -0.890. The molecule has 0 aliphatic heterocycles. The van der Waals surface area contributed by atoms with Gasteiger partial charge >= 0.3 is 0 Å². The first-order valence-electron chi connectivity index (χ1n) is 7.84. The van der Waals surface area contributed by atoms with E-state index < -0.39 is 5.60 Å². The molecule has 2 nitrogen and oxygen atoms in total. The van der Waals surface area contributed by atoms with Gasteiger partial charge in [-0.3, -0.25) is 0 Å². The molecule has 0 saturated heterocycles. The van der Waals surface area contributed by atoms with Gasteiger partial charge in [0.2, 0.25) is 0 Å². The smallest absolute Gasteiger partial charge is 0.126 e. The molecular formula is C18H30O2. The molecule has 0 aromatic rings. The van der Waals surface area contributed by atoms with Crippen molar-refractivity contribution in [1.29, 1.82) is 0 Å². The Kier molecular flexibility index (Phi) is 6.67. The lowest BCUT2D eigenvalue weighted by atomic mass is 9.72. The van der Waals surface area contributed by atoms with Gasteiger partial charge in [-0.1, -0.05) is 45.3 Å². The largest absolute Gasteiger partial charge is 0.369 e. The summed E-state index contributed by atoms with van der Waals surface area (Å²) in [7, 11) is 1.73. The summed E-state index contributed by atoms with van der Waals surface area (Å²) in [6.07, 6.45) is 10.8. The molecule has 1 aliphatic carbocycles. The normalized spacial score (nSPS) is 19.5. The third-order valence-electron chi connectivity index (χ3n) is 4.57. The quantitative estimate of drug-likeness (QED) is 0.365. The van der Waals surface area contributed by atoms with Gasteiger partial charge in [0.05, 0.1) is 5.92 Å². The molecule has 0 saturated carbocycles. The molecule has 0 amide bonds. The monoisotopic (exact) mass is 278 g/mol. The summed E-state index contributed by atoms with van der Waals surface area (Å²) in [6, 6.07) is 0. The number of allylic oxidation sites excluding steroid dienone is 2. The maximum absolute atomic E-state index is 11.7. The van der Waals surface area contributed by atoms with Crippen molar-refractivity contribution in [2.24, 2.45) is 11.8 Å². The Balaban J connectivity index is 2.79. The van der Waals surface area contributed by atoms with Gasteiger partial charge in [-0.25, -0.2) is 0 Å². The van der Waals surface area contributed by atoms with Crippen molar-refractivity contribution in [1.82, 2.24) is 0 Å². The first kappa shape index (κ1) is 17.2. The topological polar surface area (TPSA) is 26.3 Å². The minimum atomic E-state index is -0.502. The zero-order valence-corrected chi connectivity index (χ0v) is 13.7. The molecule has 0 fully saturated rings. The summed E-state index contributed by atoms with van der Waals surface area (Å²) in [6.45, 7) is 8.67. The molecule has 0 radical (unpaired) electrons. The van der Waals surface area contributed by atoms with Gasteiger partial charge in [0.15, 0.2) is 0 Å². The highest BCUT2D eigenvalue weighted by Crippen LogP contribution is 2.41. The van der Waals surface area contributed by atoms with Crippen LogP contribution in [0.1, 0.15) is 59.8 Å². The van der Waals surface area contributed by atoms with Crippen LogP contribution < -0.4 is 0 Å². The SMILES string of the molecule is COC1(C(C=O)CCCCC(C)C)C(C)=CCC=C1C. The molecule has 0 aromatic heterocycles. The Bertz CT molecular complexity index is 359. The van der Waals surface area contributed by atoms with E-state index in [1.165, 1.54) is 24.0 Å². The summed E-state index contributed by atoms with van der Waals surface area (Å²) in [5.74, 6) is 0.659. The Labute approximate surface area is 124 Å². The van der Waals surface area contributed by atoms with Crippen molar-refractivity contribution < 1.29 is 9.53 Å². The molecule has 0 heterocycles. The lowest BCUT2D eigenvalue weighted by Gasteiger charge is -2.41. The van der Waals surface area contributed by atoms with E-state index in [2.05, 4.69) is 39.8 Å². The zero-order valence-electron chi connectivity index (χ0n) is 13.7. The van der Waals surface area contributed by atoms with Crippen LogP contribution in [0.5, 0.6) is 0 Å². The molecule has 114 valence electrons. The van der Waals surface area contributed by atoms with Crippen LogP contribution in [-0.4, -0.2) is 19.0 Å². The van der Waals surface area contributed by atoms with Gasteiger partial charge in [0, 0.05) is 7.11 Å². The molecule has 0 aromatic carbocycles. The summed E-state index contributed by atoms with van der Waals surface area (Å²) in [4.78, 5) is 11.7. The van der Waals surface area contributed by atoms with Crippen molar-refractivity contribution in [3.63, 3.8) is 0 Å². The summed E-state index contributed by atoms with van der Waals surface area (Å²) < 4.78 is 5.87. The lowest BCUT2D eigenvalue weighted by Crippen LogP contribution is -2.44. The van der Waals surface area contributed by atoms with Crippen molar-refractivity contribution in [3.8, 4) is 0 Å². The van der Waals surface area contributed by atoms with Crippen LogP contribution in [0.25, 0.3) is 0 Å². The number of hydrogen-bond acceptors (Lipinski definition) is 2. The van der Waals surface area contributed by atoms with Crippen LogP contribution >= 0.6 is 0 Å². The number of hydrogen-bond donors (Lipinski definition) is 0. The van der Waals surface area contributed by atoms with E-state index in [0.29, 0.717) is 0 Å². The van der Waals surface area contributed by atoms with Gasteiger partial charge < -0.3 is 9.53 Å². The second-order valence-corrected chi connectivity index (χ2v) is 6.37. The van der Waals surface area contributed by atoms with Gasteiger partial charge in [-0.2, -0.15) is 0 Å². The Morgan fingerprint density at radius 3 is 2.20 bits per heavy atom. The highest BCUT2D eigenvalue weighted by Gasteiger charge is 2.42. The van der Waals surface area contributed by atoms with Crippen LogP contribution in [0.3, 0.4) is 0 Å². The Morgan fingerprint density at radius 2 is 1.75 bits per heavy atom. The molecule has 1 atom stereocenters. The first-order chi connectivity index (χ1) is 9.48. The van der Waals surface area contributed by atoms with Crippen LogP contribution in [0.2, 0.25) is 0 Å². The third kappa shape index (κ3) is 3.60. The summed E-state index contributed by atoms with van der Waals surface area (Å²) in [5.41, 5.74) is 1.86. The number of carbonyl (C=O) groups is 1. The number of rotatable bonds is 8. The molecule has 20 heavy (non-hydrogen) atoms. The molecule has 0 N–H and O–H groups in total. The molecule has 2 heteroatoms. The van der Waals surface area contributed by atoms with E-state index in [0.717, 1.165) is 31.5 Å². The van der Waals surface area contributed by atoms with Crippen LogP contribution in [0.4, 0.5) is 0 Å². The predicted octanol–water partition coefficient (Wildman–Crippen LogP) is 4.70. The first-order valence-corrected chi connectivity index (χ1v) is 7.84. The minimum Gasteiger partial charge on any atom is -0.369 e. The fraction of sp³-hybridized carbons (Fsp3) is 0.722. The number of carbonyl (C=O) groups excluding carboxylic acids is 1. The molecule has 1 aliphatic rings. The third-order valence-corrected chi connectivity index (χ3v) is 4.57. The van der Waals surface area contributed by atoms with E-state index in [1.807, 2.05) is 0 Å². The van der Waals surface area contributed by atoms with Crippen LogP contribution in [0.15, 0.2) is 23.3 Å². The average molecular weight is 278 g/mol. The Morgan fingerprint density at radius 1 is 1.20 bits per heavy atom. The number of unbranched alkanes of at least 4 members (excludes halogenated alkanes) is 1. The lowest BCUT2D eigenvalue weighted by molar-refractivity contribution is -0.118. The van der Waals surface area contributed by atoms with Gasteiger partial charge in [0.25, 0.3) is 0 Å². The highest BCUT2D eigenvalue weighted by molar-refractivity contribution is 5.61. The van der Waals surface area contributed by atoms with Crippen molar-refractivity contribution in [2.75, 3.05) is 7.11 Å². The van der Waals surface area contributed by atoms with Gasteiger partial charge in [0.1, 0.15) is 11.9 Å². The van der Waals surface area contributed by atoms with Crippen molar-refractivity contribution in [2.45, 2.75) is 65.4 Å². The standard InChI is InChI=1S/C18H30O2/c1-14(2)9-6-7-12-17(13-19)18(20-5)15(3)10-8-11-16(18)4/h10-11,13-14,17H,6-9,12H2,1-5H3. The second kappa shape index (κ2) is 7.78. The van der Waals surface area contributed by atoms with E-state index in [-0.39, 0.29) is 5.92 Å².